The van der Waals surface area contributed by atoms with Crippen LogP contribution in [0.5, 0.6) is 0 Å². The van der Waals surface area contributed by atoms with E-state index in [-0.39, 0.29) is 24.4 Å². The van der Waals surface area contributed by atoms with Crippen LogP contribution in [-0.2, 0) is 15.0 Å². The summed E-state index contributed by atoms with van der Waals surface area (Å²) in [4.78, 5) is 14.1. The van der Waals surface area contributed by atoms with E-state index in [0.717, 1.165) is 51.4 Å². The number of rotatable bonds is 9. The molecular formula is C18H37ClN4O3S. The summed E-state index contributed by atoms with van der Waals surface area (Å²) >= 11 is 0. The Balaban J connectivity index is 0.00000364. The van der Waals surface area contributed by atoms with Crippen LogP contribution in [0.3, 0.4) is 0 Å². The summed E-state index contributed by atoms with van der Waals surface area (Å²) in [7, 11) is -1.71. The van der Waals surface area contributed by atoms with Crippen LogP contribution in [0.2, 0.25) is 0 Å². The third-order valence-electron chi connectivity index (χ3n) is 5.72. The van der Waals surface area contributed by atoms with Crippen LogP contribution in [0, 0.1) is 0 Å². The Kier molecular flexibility index (Phi) is 11.1. The summed E-state index contributed by atoms with van der Waals surface area (Å²) in [6.07, 6.45) is 9.90. The van der Waals surface area contributed by atoms with Crippen molar-refractivity contribution in [2.75, 3.05) is 39.8 Å². The highest BCUT2D eigenvalue weighted by molar-refractivity contribution is 7.86. The molecule has 0 unspecified atom stereocenters. The first-order chi connectivity index (χ1) is 12.5. The lowest BCUT2D eigenvalue weighted by Crippen LogP contribution is -2.55. The number of hydrogen-bond donors (Lipinski definition) is 1. The van der Waals surface area contributed by atoms with Crippen LogP contribution in [0.25, 0.3) is 0 Å². The van der Waals surface area contributed by atoms with Crippen LogP contribution in [0.4, 0.5) is 0 Å². The first-order valence-corrected chi connectivity index (χ1v) is 11.6. The van der Waals surface area contributed by atoms with Crippen molar-refractivity contribution in [1.29, 1.82) is 0 Å². The van der Waals surface area contributed by atoms with E-state index in [1.54, 1.807) is 15.7 Å². The smallest absolute Gasteiger partial charge is 0.282 e. The van der Waals surface area contributed by atoms with Crippen molar-refractivity contribution in [3.05, 3.63) is 0 Å². The zero-order chi connectivity index (χ0) is 19.0. The quantitative estimate of drug-likeness (QED) is 0.573. The Morgan fingerprint density at radius 2 is 1.59 bits per heavy atom. The van der Waals surface area contributed by atoms with Crippen molar-refractivity contribution >= 4 is 28.5 Å². The normalized spacial score (nSPS) is 19.9. The molecule has 0 bridgehead atoms. The molecule has 1 saturated heterocycles. The third kappa shape index (κ3) is 7.16. The molecular weight excluding hydrogens is 388 g/mol. The van der Waals surface area contributed by atoms with Crippen LogP contribution >= 0.6 is 12.4 Å². The van der Waals surface area contributed by atoms with Crippen LogP contribution in [0.1, 0.15) is 64.2 Å². The van der Waals surface area contributed by atoms with E-state index < -0.39 is 10.2 Å². The van der Waals surface area contributed by atoms with Gasteiger partial charge in [-0.25, -0.2) is 0 Å². The molecule has 2 N–H and O–H groups in total. The van der Waals surface area contributed by atoms with Gasteiger partial charge in [-0.2, -0.15) is 17.0 Å². The molecule has 1 heterocycles. The number of carbonyl (C=O) groups is 1. The van der Waals surface area contributed by atoms with Gasteiger partial charge in [-0.1, -0.05) is 32.1 Å². The minimum atomic E-state index is -3.42. The Morgan fingerprint density at radius 1 is 1.00 bits per heavy atom. The van der Waals surface area contributed by atoms with Gasteiger partial charge in [0.15, 0.2) is 0 Å². The van der Waals surface area contributed by atoms with E-state index in [9.17, 15) is 13.2 Å². The van der Waals surface area contributed by atoms with E-state index in [0.29, 0.717) is 39.1 Å². The van der Waals surface area contributed by atoms with Gasteiger partial charge < -0.3 is 10.6 Å². The van der Waals surface area contributed by atoms with Crippen molar-refractivity contribution in [1.82, 2.24) is 13.5 Å². The van der Waals surface area contributed by atoms with Gasteiger partial charge in [0, 0.05) is 45.7 Å². The number of unbranched alkanes of at least 4 members (excludes halogenated alkanes) is 3. The fraction of sp³-hybridized carbons (Fsp3) is 0.944. The van der Waals surface area contributed by atoms with Gasteiger partial charge in [-0.05, 0) is 32.2 Å². The summed E-state index contributed by atoms with van der Waals surface area (Å²) in [5, 5.41) is 0. The third-order valence-corrected chi connectivity index (χ3v) is 7.76. The molecule has 1 saturated carbocycles. The molecule has 1 amide bonds. The average Bonchev–Trinajstić information content (AvgIpc) is 2.67. The molecule has 1 aliphatic heterocycles. The number of nitrogens with two attached hydrogens (primary N) is 1. The van der Waals surface area contributed by atoms with Gasteiger partial charge in [-0.3, -0.25) is 4.79 Å². The molecule has 2 aliphatic rings. The number of nitrogens with zero attached hydrogens (tertiary/aromatic N) is 3. The number of hydrogen-bond acceptors (Lipinski definition) is 4. The average molecular weight is 425 g/mol. The van der Waals surface area contributed by atoms with Crippen LogP contribution in [0.15, 0.2) is 0 Å². The summed E-state index contributed by atoms with van der Waals surface area (Å²) < 4.78 is 28.9. The maximum Gasteiger partial charge on any atom is 0.282 e. The fourth-order valence-corrected chi connectivity index (χ4v) is 5.49. The molecule has 0 spiro atoms. The molecule has 0 atom stereocenters. The van der Waals surface area contributed by atoms with E-state index in [1.807, 2.05) is 4.90 Å². The fourth-order valence-electron chi connectivity index (χ4n) is 3.92. The lowest BCUT2D eigenvalue weighted by molar-refractivity contribution is -0.132. The highest BCUT2D eigenvalue weighted by atomic mass is 35.5. The minimum absolute atomic E-state index is 0. The number of piperazine rings is 1. The molecule has 2 rings (SSSR count). The maximum atomic E-state index is 12.9. The molecule has 1 aliphatic carbocycles. The standard InChI is InChI=1S/C18H36N4O3S.ClH/c1-20(17-9-5-4-6-10-17)26(24,25)22-15-13-21(14-16-22)18(23)11-7-2-3-8-12-19;/h17H,2-16,19H2,1H3;1H. The summed E-state index contributed by atoms with van der Waals surface area (Å²) in [6, 6.07) is 0.127. The second-order valence-electron chi connectivity index (χ2n) is 7.55. The molecule has 7 nitrogen and oxygen atoms in total. The maximum absolute atomic E-state index is 12.9. The van der Waals surface area contributed by atoms with Crippen molar-refractivity contribution in [2.45, 2.75) is 70.3 Å². The molecule has 27 heavy (non-hydrogen) atoms. The predicted molar refractivity (Wildman–Crippen MR) is 111 cm³/mol. The summed E-state index contributed by atoms with van der Waals surface area (Å²) in [6.45, 7) is 2.51. The predicted octanol–water partition coefficient (Wildman–Crippen LogP) is 1.97. The second kappa shape index (κ2) is 12.2. The monoisotopic (exact) mass is 424 g/mol. The van der Waals surface area contributed by atoms with Gasteiger partial charge >= 0.3 is 0 Å². The number of halogens is 1. The van der Waals surface area contributed by atoms with E-state index in [2.05, 4.69) is 0 Å². The summed E-state index contributed by atoms with van der Waals surface area (Å²) in [5.41, 5.74) is 5.47. The van der Waals surface area contributed by atoms with Crippen LogP contribution in [-0.4, -0.2) is 73.6 Å². The molecule has 0 aromatic carbocycles. The lowest BCUT2D eigenvalue weighted by Gasteiger charge is -2.38. The molecule has 2 fully saturated rings. The van der Waals surface area contributed by atoms with Crippen LogP contribution < -0.4 is 5.73 Å². The molecule has 9 heteroatoms. The Bertz CT molecular complexity index is 533. The molecule has 0 aromatic rings. The van der Waals surface area contributed by atoms with Crippen molar-refractivity contribution in [3.63, 3.8) is 0 Å². The Labute approximate surface area is 171 Å². The zero-order valence-electron chi connectivity index (χ0n) is 16.6. The van der Waals surface area contributed by atoms with Crippen molar-refractivity contribution in [2.24, 2.45) is 5.73 Å². The van der Waals surface area contributed by atoms with Gasteiger partial charge in [0.1, 0.15) is 0 Å². The largest absolute Gasteiger partial charge is 0.340 e. The number of amides is 1. The highest BCUT2D eigenvalue weighted by Gasteiger charge is 2.35. The van der Waals surface area contributed by atoms with Crippen molar-refractivity contribution in [3.8, 4) is 0 Å². The molecule has 0 radical (unpaired) electrons. The van der Waals surface area contributed by atoms with E-state index in [1.165, 1.54) is 6.42 Å². The highest BCUT2D eigenvalue weighted by Crippen LogP contribution is 2.25. The van der Waals surface area contributed by atoms with E-state index in [4.69, 9.17) is 5.73 Å². The first kappa shape index (κ1) is 24.6. The lowest BCUT2D eigenvalue weighted by atomic mass is 9.96. The van der Waals surface area contributed by atoms with Gasteiger partial charge in [-0.15, -0.1) is 12.4 Å². The summed E-state index contributed by atoms with van der Waals surface area (Å²) in [5.74, 6) is 0.149. The van der Waals surface area contributed by atoms with Gasteiger partial charge in [0.25, 0.3) is 10.2 Å². The van der Waals surface area contributed by atoms with Gasteiger partial charge in [0.2, 0.25) is 5.91 Å². The SMILES string of the molecule is CN(C1CCCCC1)S(=O)(=O)N1CCN(C(=O)CCCCCCN)CC1.Cl. The first-order valence-electron chi connectivity index (χ1n) is 10.2. The Hall–Kier alpha value is -0.410. The zero-order valence-corrected chi connectivity index (χ0v) is 18.3. The topological polar surface area (TPSA) is 87.0 Å². The number of carbonyl (C=O) groups excluding carboxylic acids is 1. The van der Waals surface area contributed by atoms with Crippen molar-refractivity contribution < 1.29 is 13.2 Å². The second-order valence-corrected chi connectivity index (χ2v) is 9.54. The Morgan fingerprint density at radius 3 is 2.19 bits per heavy atom. The molecule has 160 valence electrons. The molecule has 0 aromatic heterocycles. The minimum Gasteiger partial charge on any atom is -0.340 e. The van der Waals surface area contributed by atoms with E-state index >= 15 is 0 Å². The van der Waals surface area contributed by atoms with Gasteiger partial charge in [0.05, 0.1) is 0 Å².